The molecule has 0 bridgehead atoms. The van der Waals surface area contributed by atoms with Crippen LogP contribution in [0.2, 0.25) is 0 Å². The highest BCUT2D eigenvalue weighted by Crippen LogP contribution is 2.29. The zero-order valence-corrected chi connectivity index (χ0v) is 38.1. The quantitative estimate of drug-likeness (QED) is 0.0766. The molecule has 0 radical (unpaired) electrons. The first-order valence-corrected chi connectivity index (χ1v) is 22.4. The van der Waals surface area contributed by atoms with Gasteiger partial charge in [0.15, 0.2) is 11.3 Å². The minimum absolute atomic E-state index is 0.00518. The molecule has 0 unspecified atom stereocenters. The van der Waals surface area contributed by atoms with E-state index in [2.05, 4.69) is 105 Å². The predicted molar refractivity (Wildman–Crippen MR) is 246 cm³/mol. The van der Waals surface area contributed by atoms with Gasteiger partial charge in [-0.15, -0.1) is 0 Å². The molecule has 0 saturated carbocycles. The van der Waals surface area contributed by atoms with Crippen LogP contribution >= 0.6 is 0 Å². The number of fused-ring (bicyclic) bond motifs is 2. The summed E-state index contributed by atoms with van der Waals surface area (Å²) < 4.78 is 26.7. The fourth-order valence-corrected chi connectivity index (χ4v) is 7.64. The molecule has 2 aliphatic heterocycles. The SMILES string of the molecule is CCOc1cccc([C@H](C)Nc2nc(O[C@@H]3CCCNC3)nc3c(C(C)C)cnn23)c1.COc1cccc([C@H](C)Nc2nc(OCCN3CCNCC3)nc3c(C(C)C)cnn23)c1. The number of methoxy groups -OCH3 is 1. The topological polar surface area (TPSA) is 174 Å². The van der Waals surface area contributed by atoms with E-state index in [4.69, 9.17) is 23.9 Å². The Morgan fingerprint density at radius 2 is 1.30 bits per heavy atom. The van der Waals surface area contributed by atoms with Crippen LogP contribution in [0, 0.1) is 0 Å². The van der Waals surface area contributed by atoms with Crippen LogP contribution in [0.3, 0.4) is 0 Å². The number of piperidine rings is 1. The van der Waals surface area contributed by atoms with Crippen LogP contribution < -0.4 is 40.2 Å². The van der Waals surface area contributed by atoms with E-state index in [-0.39, 0.29) is 18.2 Å². The molecular formula is C46H65N13O4. The lowest BCUT2D eigenvalue weighted by Gasteiger charge is -2.26. The second kappa shape index (κ2) is 21.5. The fraction of sp³-hybridized carbons (Fsp3) is 0.522. The van der Waals surface area contributed by atoms with Gasteiger partial charge < -0.3 is 40.2 Å². The van der Waals surface area contributed by atoms with Gasteiger partial charge in [0.05, 0.1) is 38.2 Å². The Morgan fingerprint density at radius 1 is 0.714 bits per heavy atom. The van der Waals surface area contributed by atoms with Crippen LogP contribution in [-0.4, -0.2) is 116 Å². The van der Waals surface area contributed by atoms with E-state index in [1.165, 1.54) is 0 Å². The standard InChI is InChI=1S/C23H33N7O2.C23H32N6O2/c1-16(2)20-15-25-30-21(20)27-23(32-13-12-29-10-8-24-9-11-29)28-22(30)26-17(3)18-6-5-7-19(14-18)31-4;1-5-30-18-9-6-8-17(12-18)16(4)26-22-28-23(31-19-10-7-11-24-13-19)27-21-20(15(2)3)14-25-29(21)22/h5-7,14-17,24H,8-13H2,1-4H3,(H,26,27,28);6,8-9,12,14-16,19,24H,5,7,10-11,13H2,1-4H3,(H,26,27,28)/t17-;16-,19+/m00/s1. The molecule has 8 rings (SSSR count). The Morgan fingerprint density at radius 3 is 1.87 bits per heavy atom. The summed E-state index contributed by atoms with van der Waals surface area (Å²) in [6.45, 7) is 22.7. The Hall–Kier alpha value is -5.78. The second-order valence-corrected chi connectivity index (χ2v) is 16.7. The maximum atomic E-state index is 6.16. The maximum absolute atomic E-state index is 6.16. The number of hydrogen-bond donors (Lipinski definition) is 4. The number of benzene rings is 2. The number of nitrogens with zero attached hydrogens (tertiary/aromatic N) is 9. The lowest BCUT2D eigenvalue weighted by Crippen LogP contribution is -2.44. The average Bonchev–Trinajstić information content (AvgIpc) is 3.93. The molecule has 17 heteroatoms. The van der Waals surface area contributed by atoms with Gasteiger partial charge in [-0.05, 0) is 87.4 Å². The zero-order chi connectivity index (χ0) is 44.3. The number of anilines is 2. The first-order chi connectivity index (χ1) is 30.6. The van der Waals surface area contributed by atoms with Crippen molar-refractivity contribution in [2.45, 2.75) is 91.3 Å². The van der Waals surface area contributed by atoms with E-state index in [0.29, 0.717) is 49.0 Å². The maximum Gasteiger partial charge on any atom is 0.322 e. The van der Waals surface area contributed by atoms with Crippen LogP contribution in [0.5, 0.6) is 23.5 Å². The third-order valence-corrected chi connectivity index (χ3v) is 11.3. The van der Waals surface area contributed by atoms with Gasteiger partial charge in [0.1, 0.15) is 24.2 Å². The molecule has 6 heterocycles. The molecule has 17 nitrogen and oxygen atoms in total. The second-order valence-electron chi connectivity index (χ2n) is 16.7. The Labute approximate surface area is 370 Å². The highest BCUT2D eigenvalue weighted by atomic mass is 16.5. The van der Waals surface area contributed by atoms with Crippen molar-refractivity contribution in [2.75, 3.05) is 76.8 Å². The lowest BCUT2D eigenvalue weighted by atomic mass is 10.1. The molecule has 2 aromatic carbocycles. The molecule has 4 N–H and O–H groups in total. The number of nitrogens with one attached hydrogen (secondary N) is 4. The van der Waals surface area contributed by atoms with Crippen LogP contribution in [-0.2, 0) is 0 Å². The van der Waals surface area contributed by atoms with Crippen molar-refractivity contribution < 1.29 is 18.9 Å². The summed E-state index contributed by atoms with van der Waals surface area (Å²) in [7, 11) is 1.67. The van der Waals surface area contributed by atoms with Gasteiger partial charge in [0, 0.05) is 50.4 Å². The van der Waals surface area contributed by atoms with Crippen molar-refractivity contribution in [3.63, 3.8) is 0 Å². The number of ether oxygens (including phenoxy) is 4. The molecule has 4 aromatic heterocycles. The van der Waals surface area contributed by atoms with Gasteiger partial charge in [-0.3, -0.25) is 4.90 Å². The smallest absolute Gasteiger partial charge is 0.322 e. The third-order valence-electron chi connectivity index (χ3n) is 11.3. The van der Waals surface area contributed by atoms with Gasteiger partial charge in [-0.2, -0.15) is 39.2 Å². The predicted octanol–water partition coefficient (Wildman–Crippen LogP) is 6.66. The molecule has 338 valence electrons. The van der Waals surface area contributed by atoms with Gasteiger partial charge in [0.2, 0.25) is 11.9 Å². The first-order valence-electron chi connectivity index (χ1n) is 22.4. The van der Waals surface area contributed by atoms with E-state index in [0.717, 1.165) is 104 Å². The number of rotatable bonds is 17. The summed E-state index contributed by atoms with van der Waals surface area (Å²) >= 11 is 0. The largest absolute Gasteiger partial charge is 0.497 e. The molecule has 0 spiro atoms. The Balaban J connectivity index is 0.000000189. The summed E-state index contributed by atoms with van der Waals surface area (Å²) in [6, 6.07) is 16.8. The van der Waals surface area contributed by atoms with E-state index >= 15 is 0 Å². The van der Waals surface area contributed by atoms with Crippen LogP contribution in [0.4, 0.5) is 11.9 Å². The summed E-state index contributed by atoms with van der Waals surface area (Å²) in [5.74, 6) is 3.49. The summed E-state index contributed by atoms with van der Waals surface area (Å²) in [4.78, 5) is 21.1. The van der Waals surface area contributed by atoms with Crippen molar-refractivity contribution in [3.05, 3.63) is 83.2 Å². The van der Waals surface area contributed by atoms with Crippen LogP contribution in [0.1, 0.15) is 107 Å². The molecular weight excluding hydrogens is 799 g/mol. The minimum Gasteiger partial charge on any atom is -0.497 e. The minimum atomic E-state index is -0.0106. The van der Waals surface area contributed by atoms with E-state index in [1.54, 1.807) is 16.1 Å². The molecule has 6 aromatic rings. The number of hydrogen-bond acceptors (Lipinski definition) is 15. The number of piperazine rings is 1. The Bertz CT molecular complexity index is 2370. The Kier molecular flexibility index (Phi) is 15.5. The van der Waals surface area contributed by atoms with Gasteiger partial charge in [-0.25, -0.2) is 0 Å². The highest BCUT2D eigenvalue weighted by Gasteiger charge is 2.22. The molecule has 2 fully saturated rings. The zero-order valence-electron chi connectivity index (χ0n) is 38.1. The molecule has 3 atom stereocenters. The van der Waals surface area contributed by atoms with Crippen molar-refractivity contribution >= 4 is 23.2 Å². The summed E-state index contributed by atoms with van der Waals surface area (Å²) in [5.41, 5.74) is 5.88. The van der Waals surface area contributed by atoms with Gasteiger partial charge in [-0.1, -0.05) is 52.0 Å². The lowest BCUT2D eigenvalue weighted by molar-refractivity contribution is 0.153. The van der Waals surface area contributed by atoms with E-state index in [9.17, 15) is 0 Å². The van der Waals surface area contributed by atoms with Crippen molar-refractivity contribution in [2.24, 2.45) is 0 Å². The molecule has 0 aliphatic carbocycles. The van der Waals surface area contributed by atoms with Crippen molar-refractivity contribution in [3.8, 4) is 23.5 Å². The monoisotopic (exact) mass is 864 g/mol. The highest BCUT2D eigenvalue weighted by molar-refractivity contribution is 5.55. The summed E-state index contributed by atoms with van der Waals surface area (Å²) in [6.07, 6.45) is 5.90. The van der Waals surface area contributed by atoms with E-state index < -0.39 is 0 Å². The first kappa shape index (κ1) is 45.3. The number of aromatic nitrogens is 8. The molecule has 63 heavy (non-hydrogen) atoms. The third kappa shape index (κ3) is 11.6. The normalized spacial score (nSPS) is 16.7. The van der Waals surface area contributed by atoms with Crippen LogP contribution in [0.15, 0.2) is 60.9 Å². The van der Waals surface area contributed by atoms with Crippen LogP contribution in [0.25, 0.3) is 11.3 Å². The average molecular weight is 864 g/mol. The summed E-state index contributed by atoms with van der Waals surface area (Å²) in [5, 5.41) is 22.8. The van der Waals surface area contributed by atoms with Gasteiger partial charge >= 0.3 is 12.0 Å². The van der Waals surface area contributed by atoms with Gasteiger partial charge in [0.25, 0.3) is 0 Å². The van der Waals surface area contributed by atoms with E-state index in [1.807, 2.05) is 55.7 Å². The van der Waals surface area contributed by atoms with Crippen molar-refractivity contribution in [1.82, 2.24) is 54.7 Å². The fourth-order valence-electron chi connectivity index (χ4n) is 7.64. The molecule has 2 saturated heterocycles. The molecule has 2 aliphatic rings. The van der Waals surface area contributed by atoms with Crippen molar-refractivity contribution in [1.29, 1.82) is 0 Å². The molecule has 0 amide bonds.